The molecule has 0 N–H and O–H groups in total. The van der Waals surface area contributed by atoms with Gasteiger partial charge in [0.25, 0.3) is 0 Å². The fourth-order valence-corrected chi connectivity index (χ4v) is 4.11. The van der Waals surface area contributed by atoms with Gasteiger partial charge in [-0.2, -0.15) is 0 Å². The summed E-state index contributed by atoms with van der Waals surface area (Å²) in [4.78, 5) is 21.7. The third-order valence-corrected chi connectivity index (χ3v) is 5.62. The van der Waals surface area contributed by atoms with Crippen LogP contribution in [0.4, 0.5) is 0 Å². The molecule has 1 saturated heterocycles. The largest absolute Gasteiger partial charge is 0.344 e. The number of fused-ring (bicyclic) bond motifs is 1. The molecule has 5 nitrogen and oxygen atoms in total. The van der Waals surface area contributed by atoms with Crippen LogP contribution in [0.15, 0.2) is 54.7 Å². The highest BCUT2D eigenvalue weighted by molar-refractivity contribution is 5.81. The Morgan fingerprint density at radius 1 is 1.04 bits per heavy atom. The fraction of sp³-hybridized carbons (Fsp3) is 0.391. The van der Waals surface area contributed by atoms with Gasteiger partial charge >= 0.3 is 0 Å². The van der Waals surface area contributed by atoms with Gasteiger partial charge in [0, 0.05) is 63.1 Å². The quantitative estimate of drug-likeness (QED) is 0.685. The molecule has 1 aliphatic heterocycles. The number of hydrogen-bond acceptors (Lipinski definition) is 3. The van der Waals surface area contributed by atoms with E-state index in [2.05, 4.69) is 57.8 Å². The average molecular weight is 377 g/mol. The number of para-hydroxylation sites is 1. The Bertz CT molecular complexity index is 934. The van der Waals surface area contributed by atoms with Crippen LogP contribution in [-0.2, 0) is 17.9 Å². The number of aromatic nitrogens is 2. The normalized spacial score (nSPS) is 15.7. The second-order valence-electron chi connectivity index (χ2n) is 7.58. The molecule has 0 unspecified atom stereocenters. The summed E-state index contributed by atoms with van der Waals surface area (Å²) in [5, 5.41) is 1.24. The minimum atomic E-state index is 0.261. The van der Waals surface area contributed by atoms with Crippen LogP contribution >= 0.6 is 0 Å². The highest BCUT2D eigenvalue weighted by Gasteiger charge is 2.19. The molecule has 4 rings (SSSR count). The molecular formula is C23H28N4O. The molecule has 5 heteroatoms. The van der Waals surface area contributed by atoms with E-state index >= 15 is 0 Å². The van der Waals surface area contributed by atoms with E-state index in [0.717, 1.165) is 51.4 Å². The number of carbonyl (C=O) groups excluding carboxylic acids is 1. The van der Waals surface area contributed by atoms with Crippen LogP contribution in [0.2, 0.25) is 0 Å². The zero-order valence-corrected chi connectivity index (χ0v) is 16.6. The van der Waals surface area contributed by atoms with Gasteiger partial charge in [-0.25, -0.2) is 0 Å². The van der Waals surface area contributed by atoms with Gasteiger partial charge in [0.1, 0.15) is 0 Å². The Labute approximate surface area is 166 Å². The Hall–Kier alpha value is -2.66. The summed E-state index contributed by atoms with van der Waals surface area (Å²) in [5.74, 6) is 0.261. The second-order valence-corrected chi connectivity index (χ2v) is 7.58. The first-order valence-corrected chi connectivity index (χ1v) is 10.2. The maximum absolute atomic E-state index is 12.8. The molecule has 0 atom stereocenters. The number of benzene rings is 1. The SMILES string of the molecule is Cc1cc2ccccc2n1CCC(=O)N1CCCN(Cc2ccccn2)CC1. The van der Waals surface area contributed by atoms with E-state index in [-0.39, 0.29) is 5.91 Å². The van der Waals surface area contributed by atoms with Crippen molar-refractivity contribution in [3.05, 3.63) is 66.1 Å². The summed E-state index contributed by atoms with van der Waals surface area (Å²) in [7, 11) is 0. The zero-order chi connectivity index (χ0) is 19.3. The van der Waals surface area contributed by atoms with Crippen molar-refractivity contribution in [2.75, 3.05) is 26.2 Å². The van der Waals surface area contributed by atoms with Gasteiger partial charge in [0.05, 0.1) is 5.69 Å². The molecule has 0 radical (unpaired) electrons. The molecule has 1 aromatic carbocycles. The summed E-state index contributed by atoms with van der Waals surface area (Å²) in [6, 6.07) is 16.6. The molecule has 1 aliphatic rings. The maximum atomic E-state index is 12.8. The molecule has 1 amide bonds. The smallest absolute Gasteiger partial charge is 0.224 e. The molecule has 28 heavy (non-hydrogen) atoms. The number of rotatable bonds is 5. The number of nitrogens with zero attached hydrogens (tertiary/aromatic N) is 4. The van der Waals surface area contributed by atoms with E-state index in [4.69, 9.17) is 0 Å². The first-order valence-electron chi connectivity index (χ1n) is 10.2. The van der Waals surface area contributed by atoms with Crippen LogP contribution in [0.5, 0.6) is 0 Å². The van der Waals surface area contributed by atoms with Crippen molar-refractivity contribution in [2.24, 2.45) is 0 Å². The van der Waals surface area contributed by atoms with E-state index in [0.29, 0.717) is 6.42 Å². The van der Waals surface area contributed by atoms with Gasteiger partial charge < -0.3 is 9.47 Å². The van der Waals surface area contributed by atoms with Gasteiger partial charge in [-0.1, -0.05) is 24.3 Å². The molecule has 1 fully saturated rings. The van der Waals surface area contributed by atoms with Crippen molar-refractivity contribution >= 4 is 16.8 Å². The van der Waals surface area contributed by atoms with Crippen LogP contribution in [0.1, 0.15) is 24.2 Å². The molecule has 0 saturated carbocycles. The summed E-state index contributed by atoms with van der Waals surface area (Å²) in [5.41, 5.74) is 3.52. The predicted octanol–water partition coefficient (Wildman–Crippen LogP) is 3.47. The Morgan fingerprint density at radius 2 is 1.89 bits per heavy atom. The van der Waals surface area contributed by atoms with E-state index in [1.54, 1.807) is 0 Å². The van der Waals surface area contributed by atoms with E-state index in [9.17, 15) is 4.79 Å². The summed E-state index contributed by atoms with van der Waals surface area (Å²) in [6.45, 7) is 7.30. The minimum absolute atomic E-state index is 0.261. The zero-order valence-electron chi connectivity index (χ0n) is 16.6. The first-order chi connectivity index (χ1) is 13.7. The maximum Gasteiger partial charge on any atom is 0.224 e. The molecular weight excluding hydrogens is 348 g/mol. The molecule has 2 aromatic heterocycles. The predicted molar refractivity (Wildman–Crippen MR) is 112 cm³/mol. The van der Waals surface area contributed by atoms with E-state index < -0.39 is 0 Å². The van der Waals surface area contributed by atoms with Gasteiger partial charge in [-0.15, -0.1) is 0 Å². The van der Waals surface area contributed by atoms with Gasteiger partial charge in [-0.3, -0.25) is 14.7 Å². The Kier molecular flexibility index (Phi) is 5.72. The van der Waals surface area contributed by atoms with Crippen LogP contribution in [0.3, 0.4) is 0 Å². The lowest BCUT2D eigenvalue weighted by atomic mass is 10.2. The molecule has 0 aliphatic carbocycles. The number of amides is 1. The van der Waals surface area contributed by atoms with Crippen molar-refractivity contribution in [1.82, 2.24) is 19.4 Å². The molecule has 3 heterocycles. The van der Waals surface area contributed by atoms with Crippen LogP contribution < -0.4 is 0 Å². The van der Waals surface area contributed by atoms with Crippen molar-refractivity contribution in [2.45, 2.75) is 32.9 Å². The number of aryl methyl sites for hydroxylation is 2. The molecule has 146 valence electrons. The lowest BCUT2D eigenvalue weighted by molar-refractivity contribution is -0.131. The van der Waals surface area contributed by atoms with E-state index in [1.807, 2.05) is 23.2 Å². The number of pyridine rings is 1. The van der Waals surface area contributed by atoms with Crippen molar-refractivity contribution in [1.29, 1.82) is 0 Å². The molecule has 0 bridgehead atoms. The number of hydrogen-bond donors (Lipinski definition) is 0. The first kappa shape index (κ1) is 18.7. The third kappa shape index (κ3) is 4.25. The van der Waals surface area contributed by atoms with Crippen molar-refractivity contribution < 1.29 is 4.79 Å². The van der Waals surface area contributed by atoms with Crippen LogP contribution in [0, 0.1) is 6.92 Å². The van der Waals surface area contributed by atoms with Gasteiger partial charge in [-0.05, 0) is 43.0 Å². The number of carbonyl (C=O) groups is 1. The van der Waals surface area contributed by atoms with Crippen LogP contribution in [-0.4, -0.2) is 51.4 Å². The van der Waals surface area contributed by atoms with Crippen molar-refractivity contribution in [3.8, 4) is 0 Å². The monoisotopic (exact) mass is 376 g/mol. The molecule has 0 spiro atoms. The topological polar surface area (TPSA) is 41.4 Å². The van der Waals surface area contributed by atoms with Crippen LogP contribution in [0.25, 0.3) is 10.9 Å². The summed E-state index contributed by atoms with van der Waals surface area (Å²) < 4.78 is 2.26. The lowest BCUT2D eigenvalue weighted by Crippen LogP contribution is -2.35. The van der Waals surface area contributed by atoms with Gasteiger partial charge in [0.15, 0.2) is 0 Å². The Morgan fingerprint density at radius 3 is 2.75 bits per heavy atom. The Balaban J connectivity index is 1.33. The second kappa shape index (κ2) is 8.57. The lowest BCUT2D eigenvalue weighted by Gasteiger charge is -2.22. The summed E-state index contributed by atoms with van der Waals surface area (Å²) in [6.07, 6.45) is 3.42. The highest BCUT2D eigenvalue weighted by Crippen LogP contribution is 2.20. The standard InChI is InChI=1S/C23H28N4O/c1-19-17-20-7-2-3-9-22(20)27(19)14-10-23(28)26-13-6-12-25(15-16-26)18-21-8-4-5-11-24-21/h2-5,7-9,11,17H,6,10,12-16,18H2,1H3. The minimum Gasteiger partial charge on any atom is -0.344 e. The molecule has 3 aromatic rings. The van der Waals surface area contributed by atoms with Gasteiger partial charge in [0.2, 0.25) is 5.91 Å². The average Bonchev–Trinajstić information content (AvgIpc) is 2.87. The third-order valence-electron chi connectivity index (χ3n) is 5.62. The fourth-order valence-electron chi connectivity index (χ4n) is 4.11. The highest BCUT2D eigenvalue weighted by atomic mass is 16.2. The van der Waals surface area contributed by atoms with E-state index in [1.165, 1.54) is 16.6 Å². The van der Waals surface area contributed by atoms with Crippen molar-refractivity contribution in [3.63, 3.8) is 0 Å². The summed E-state index contributed by atoms with van der Waals surface area (Å²) >= 11 is 0.